The van der Waals surface area contributed by atoms with Crippen molar-refractivity contribution < 1.29 is 9.66 Å². The van der Waals surface area contributed by atoms with Gasteiger partial charge in [-0.25, -0.2) is 0 Å². The zero-order valence-corrected chi connectivity index (χ0v) is 12.4. The molecule has 0 N–H and O–H groups in total. The molecule has 0 aromatic heterocycles. The average Bonchev–Trinajstić information content (AvgIpc) is 2.28. The number of nitro groups is 1. The molecular formula is C13H18BrNO3. The molecule has 0 heterocycles. The number of aryl methyl sites for hydroxylation is 1. The monoisotopic (exact) mass is 315 g/mol. The van der Waals surface area contributed by atoms with Gasteiger partial charge in [0, 0.05) is 22.9 Å². The Hall–Kier alpha value is -1.10. The normalized spacial score (nSPS) is 12.5. The molecule has 1 aromatic rings. The van der Waals surface area contributed by atoms with Gasteiger partial charge in [0.2, 0.25) is 0 Å². The summed E-state index contributed by atoms with van der Waals surface area (Å²) in [6.07, 6.45) is 0. The van der Waals surface area contributed by atoms with Crippen molar-refractivity contribution in [1.82, 2.24) is 0 Å². The highest BCUT2D eigenvalue weighted by Gasteiger charge is 2.14. The first-order chi connectivity index (χ1) is 8.45. The highest BCUT2D eigenvalue weighted by atomic mass is 79.9. The molecule has 5 heteroatoms. The molecule has 1 unspecified atom stereocenters. The van der Waals surface area contributed by atoms with Crippen LogP contribution in [0.25, 0.3) is 0 Å². The number of hydrogen-bond donors (Lipinski definition) is 0. The zero-order chi connectivity index (χ0) is 13.7. The molecule has 1 aromatic carbocycles. The summed E-state index contributed by atoms with van der Waals surface area (Å²) in [6, 6.07) is 4.85. The van der Waals surface area contributed by atoms with Gasteiger partial charge in [-0.3, -0.25) is 10.1 Å². The number of rotatable bonds is 6. The quantitative estimate of drug-likeness (QED) is 0.453. The molecule has 0 aliphatic rings. The molecule has 1 rings (SSSR count). The van der Waals surface area contributed by atoms with E-state index in [4.69, 9.17) is 4.74 Å². The molecule has 18 heavy (non-hydrogen) atoms. The molecular weight excluding hydrogens is 298 g/mol. The molecule has 0 bridgehead atoms. The number of benzene rings is 1. The first-order valence-corrected chi connectivity index (χ1v) is 7.01. The largest absolute Gasteiger partial charge is 0.493 e. The van der Waals surface area contributed by atoms with Crippen molar-refractivity contribution in [2.75, 3.05) is 11.9 Å². The number of nitrogens with zero attached hydrogens (tertiary/aromatic N) is 1. The van der Waals surface area contributed by atoms with Gasteiger partial charge < -0.3 is 4.74 Å². The Labute approximate surface area is 116 Å². The highest BCUT2D eigenvalue weighted by molar-refractivity contribution is 9.09. The fraction of sp³-hybridized carbons (Fsp3) is 0.538. The maximum atomic E-state index is 10.7. The van der Waals surface area contributed by atoms with Crippen molar-refractivity contribution in [1.29, 1.82) is 0 Å². The zero-order valence-electron chi connectivity index (χ0n) is 10.9. The lowest BCUT2D eigenvalue weighted by Crippen LogP contribution is -2.19. The molecule has 0 radical (unpaired) electrons. The minimum atomic E-state index is -0.380. The topological polar surface area (TPSA) is 52.4 Å². The van der Waals surface area contributed by atoms with E-state index < -0.39 is 0 Å². The summed E-state index contributed by atoms with van der Waals surface area (Å²) in [7, 11) is 0. The van der Waals surface area contributed by atoms with Crippen LogP contribution in [0.1, 0.15) is 19.4 Å². The molecule has 0 aliphatic carbocycles. The van der Waals surface area contributed by atoms with Crippen LogP contribution >= 0.6 is 15.9 Å². The minimum Gasteiger partial charge on any atom is -0.493 e. The van der Waals surface area contributed by atoms with Gasteiger partial charge in [0.05, 0.1) is 11.5 Å². The van der Waals surface area contributed by atoms with Crippen LogP contribution in [-0.2, 0) is 0 Å². The van der Waals surface area contributed by atoms with E-state index in [9.17, 15) is 10.1 Å². The van der Waals surface area contributed by atoms with E-state index in [2.05, 4.69) is 29.8 Å². The molecule has 0 saturated heterocycles. The second-order valence-electron chi connectivity index (χ2n) is 4.67. The number of alkyl halides is 1. The lowest BCUT2D eigenvalue weighted by atomic mass is 9.99. The Bertz CT molecular complexity index is 421. The van der Waals surface area contributed by atoms with Crippen LogP contribution in [0.2, 0.25) is 0 Å². The summed E-state index contributed by atoms with van der Waals surface area (Å²) in [6.45, 7) is 6.63. The summed E-state index contributed by atoms with van der Waals surface area (Å²) < 4.78 is 5.68. The van der Waals surface area contributed by atoms with Crippen molar-refractivity contribution in [3.05, 3.63) is 33.9 Å². The Morgan fingerprint density at radius 1 is 1.44 bits per heavy atom. The standard InChI is InChI=1S/C13H18BrNO3/c1-9(2)11(7-14)8-18-12-4-5-13(15(16)17)10(3)6-12/h4-6,9,11H,7-8H2,1-3H3. The van der Waals surface area contributed by atoms with Crippen molar-refractivity contribution in [3.8, 4) is 5.75 Å². The van der Waals surface area contributed by atoms with E-state index in [1.165, 1.54) is 6.07 Å². The van der Waals surface area contributed by atoms with Crippen LogP contribution in [0.4, 0.5) is 5.69 Å². The van der Waals surface area contributed by atoms with E-state index in [1.807, 2.05) is 0 Å². The smallest absolute Gasteiger partial charge is 0.272 e. The number of ether oxygens (including phenoxy) is 1. The van der Waals surface area contributed by atoms with Crippen molar-refractivity contribution >= 4 is 21.6 Å². The van der Waals surface area contributed by atoms with Gasteiger partial charge in [-0.1, -0.05) is 29.8 Å². The molecule has 4 nitrogen and oxygen atoms in total. The Kier molecular flexibility index (Phi) is 5.59. The molecule has 0 fully saturated rings. The van der Waals surface area contributed by atoms with Crippen LogP contribution in [0, 0.1) is 28.9 Å². The molecule has 100 valence electrons. The van der Waals surface area contributed by atoms with Crippen LogP contribution in [0.15, 0.2) is 18.2 Å². The second kappa shape index (κ2) is 6.73. The van der Waals surface area contributed by atoms with Crippen LogP contribution in [0.5, 0.6) is 5.75 Å². The maximum Gasteiger partial charge on any atom is 0.272 e. The third kappa shape index (κ3) is 3.98. The summed E-state index contributed by atoms with van der Waals surface area (Å²) >= 11 is 3.47. The second-order valence-corrected chi connectivity index (χ2v) is 5.32. The third-order valence-corrected chi connectivity index (χ3v) is 3.80. The van der Waals surface area contributed by atoms with Crippen LogP contribution in [-0.4, -0.2) is 16.9 Å². The van der Waals surface area contributed by atoms with Gasteiger partial charge in [-0.15, -0.1) is 0 Å². The molecule has 0 aliphatic heterocycles. The minimum absolute atomic E-state index is 0.128. The molecule has 0 saturated carbocycles. The molecule has 1 atom stereocenters. The Morgan fingerprint density at radius 3 is 2.56 bits per heavy atom. The van der Waals surface area contributed by atoms with Crippen LogP contribution in [0.3, 0.4) is 0 Å². The van der Waals surface area contributed by atoms with Gasteiger partial charge in [0.15, 0.2) is 0 Å². The SMILES string of the molecule is Cc1cc(OCC(CBr)C(C)C)ccc1[N+](=O)[O-]. The molecule has 0 amide bonds. The van der Waals surface area contributed by atoms with E-state index in [-0.39, 0.29) is 10.6 Å². The van der Waals surface area contributed by atoms with E-state index in [0.717, 1.165) is 5.33 Å². The lowest BCUT2D eigenvalue weighted by Gasteiger charge is -2.18. The third-order valence-electron chi connectivity index (χ3n) is 2.97. The predicted octanol–water partition coefficient (Wildman–Crippen LogP) is 3.95. The number of hydrogen-bond acceptors (Lipinski definition) is 3. The van der Waals surface area contributed by atoms with Crippen LogP contribution < -0.4 is 4.74 Å². The Morgan fingerprint density at radius 2 is 2.11 bits per heavy atom. The summed E-state index contributed by atoms with van der Waals surface area (Å²) in [5, 5.41) is 11.6. The van der Waals surface area contributed by atoms with E-state index in [0.29, 0.717) is 29.8 Å². The summed E-state index contributed by atoms with van der Waals surface area (Å²) in [5.74, 6) is 1.65. The van der Waals surface area contributed by atoms with Crippen molar-refractivity contribution in [3.63, 3.8) is 0 Å². The highest BCUT2D eigenvalue weighted by Crippen LogP contribution is 2.24. The van der Waals surface area contributed by atoms with Crippen molar-refractivity contribution in [2.24, 2.45) is 11.8 Å². The Balaban J connectivity index is 2.69. The fourth-order valence-electron chi connectivity index (χ4n) is 1.54. The van der Waals surface area contributed by atoms with Crippen molar-refractivity contribution in [2.45, 2.75) is 20.8 Å². The predicted molar refractivity (Wildman–Crippen MR) is 75.5 cm³/mol. The lowest BCUT2D eigenvalue weighted by molar-refractivity contribution is -0.385. The van der Waals surface area contributed by atoms with Gasteiger partial charge in [-0.2, -0.15) is 0 Å². The van der Waals surface area contributed by atoms with Gasteiger partial charge >= 0.3 is 0 Å². The maximum absolute atomic E-state index is 10.7. The fourth-order valence-corrected chi connectivity index (χ4v) is 2.48. The van der Waals surface area contributed by atoms with Gasteiger partial charge in [0.1, 0.15) is 5.75 Å². The first-order valence-electron chi connectivity index (χ1n) is 5.89. The summed E-state index contributed by atoms with van der Waals surface area (Å²) in [5.41, 5.74) is 0.751. The van der Waals surface area contributed by atoms with E-state index in [1.54, 1.807) is 19.1 Å². The average molecular weight is 316 g/mol. The van der Waals surface area contributed by atoms with Gasteiger partial charge in [-0.05, 0) is 25.0 Å². The van der Waals surface area contributed by atoms with E-state index >= 15 is 0 Å². The first kappa shape index (κ1) is 15.0. The molecule has 0 spiro atoms. The number of nitro benzene ring substituents is 1. The van der Waals surface area contributed by atoms with Gasteiger partial charge in [0.25, 0.3) is 5.69 Å². The number of halogens is 1. The summed E-state index contributed by atoms with van der Waals surface area (Å²) in [4.78, 5) is 10.3.